The van der Waals surface area contributed by atoms with Crippen LogP contribution < -0.4 is 10.1 Å². The summed E-state index contributed by atoms with van der Waals surface area (Å²) in [5.41, 5.74) is 2.42. The van der Waals surface area contributed by atoms with Crippen LogP contribution in [0.2, 0.25) is 0 Å². The lowest BCUT2D eigenvalue weighted by Crippen LogP contribution is -2.39. The molecular formula is C21H22N4O3. The number of amides is 1. The minimum absolute atomic E-state index is 0.00378. The number of nitrogens with zero attached hydrogens (tertiary/aromatic N) is 3. The smallest absolute Gasteiger partial charge is 0.257 e. The van der Waals surface area contributed by atoms with Gasteiger partial charge in [0.15, 0.2) is 0 Å². The van der Waals surface area contributed by atoms with Crippen LogP contribution in [0.15, 0.2) is 59.5 Å². The summed E-state index contributed by atoms with van der Waals surface area (Å²) < 4.78 is 10.2. The molecular weight excluding hydrogens is 356 g/mol. The van der Waals surface area contributed by atoms with E-state index in [1.165, 1.54) is 12.5 Å². The minimum Gasteiger partial charge on any atom is -0.497 e. The summed E-state index contributed by atoms with van der Waals surface area (Å²) in [5.74, 6) is 1.53. The molecule has 0 radical (unpaired) electrons. The summed E-state index contributed by atoms with van der Waals surface area (Å²) in [5, 5.41) is 3.22. The quantitative estimate of drug-likeness (QED) is 0.726. The highest BCUT2D eigenvalue weighted by Crippen LogP contribution is 2.27. The summed E-state index contributed by atoms with van der Waals surface area (Å²) >= 11 is 0. The standard InChI is InChI=1S/C21H22N4O3/c1-27-18-6-4-17(5-7-18)23-21-22-10-8-19(24-21)15-3-2-11-25(13-15)20(26)16-9-12-28-14-16/h4-10,12,14-15H,2-3,11,13H2,1H3,(H,22,23,24)/t15-/m1/s1. The Bertz CT molecular complexity index is 925. The molecule has 1 N–H and O–H groups in total. The van der Waals surface area contributed by atoms with Gasteiger partial charge in [-0.05, 0) is 49.2 Å². The van der Waals surface area contributed by atoms with Gasteiger partial charge in [0.1, 0.15) is 12.0 Å². The van der Waals surface area contributed by atoms with Crippen molar-refractivity contribution in [1.29, 1.82) is 0 Å². The van der Waals surface area contributed by atoms with Crippen LogP contribution in [0, 0.1) is 0 Å². The van der Waals surface area contributed by atoms with Crippen molar-refractivity contribution in [2.24, 2.45) is 0 Å². The third kappa shape index (κ3) is 3.98. The second-order valence-electron chi connectivity index (χ2n) is 6.76. The highest BCUT2D eigenvalue weighted by atomic mass is 16.5. The van der Waals surface area contributed by atoms with Crippen molar-refractivity contribution < 1.29 is 13.9 Å². The third-order valence-electron chi connectivity index (χ3n) is 4.92. The molecule has 1 aromatic carbocycles. The SMILES string of the molecule is COc1ccc(Nc2nccc([C@@H]3CCCN(C(=O)c4ccoc4)C3)n2)cc1. The largest absolute Gasteiger partial charge is 0.497 e. The second-order valence-corrected chi connectivity index (χ2v) is 6.76. The molecule has 0 bridgehead atoms. The molecule has 3 heterocycles. The van der Waals surface area contributed by atoms with Gasteiger partial charge in [-0.1, -0.05) is 0 Å². The van der Waals surface area contributed by atoms with Gasteiger partial charge in [-0.25, -0.2) is 9.97 Å². The first kappa shape index (κ1) is 18.0. The lowest BCUT2D eigenvalue weighted by atomic mass is 9.94. The topological polar surface area (TPSA) is 80.5 Å². The molecule has 0 unspecified atom stereocenters. The highest BCUT2D eigenvalue weighted by molar-refractivity contribution is 5.93. The number of aromatic nitrogens is 2. The number of carbonyl (C=O) groups excluding carboxylic acids is 1. The molecule has 1 saturated heterocycles. The normalized spacial score (nSPS) is 16.6. The number of rotatable bonds is 5. The summed E-state index contributed by atoms with van der Waals surface area (Å²) in [7, 11) is 1.64. The number of hydrogen-bond donors (Lipinski definition) is 1. The third-order valence-corrected chi connectivity index (χ3v) is 4.92. The van der Waals surface area contributed by atoms with Crippen molar-refractivity contribution in [2.45, 2.75) is 18.8 Å². The van der Waals surface area contributed by atoms with Crippen LogP contribution in [0.4, 0.5) is 11.6 Å². The van der Waals surface area contributed by atoms with Gasteiger partial charge in [0.05, 0.1) is 24.6 Å². The van der Waals surface area contributed by atoms with Crippen molar-refractivity contribution in [3.8, 4) is 5.75 Å². The van der Waals surface area contributed by atoms with Crippen LogP contribution in [0.1, 0.15) is 34.8 Å². The van der Waals surface area contributed by atoms with Crippen LogP contribution >= 0.6 is 0 Å². The predicted octanol–water partition coefficient (Wildman–Crippen LogP) is 3.84. The van der Waals surface area contributed by atoms with Gasteiger partial charge in [-0.2, -0.15) is 0 Å². The molecule has 1 aliphatic rings. The molecule has 7 nitrogen and oxygen atoms in total. The first-order valence-corrected chi connectivity index (χ1v) is 9.28. The van der Waals surface area contributed by atoms with Crippen LogP contribution in [-0.4, -0.2) is 41.0 Å². The van der Waals surface area contributed by atoms with E-state index < -0.39 is 0 Å². The molecule has 1 amide bonds. The number of hydrogen-bond acceptors (Lipinski definition) is 6. The van der Waals surface area contributed by atoms with Crippen molar-refractivity contribution in [3.05, 3.63) is 66.4 Å². The zero-order valence-electron chi connectivity index (χ0n) is 15.7. The van der Waals surface area contributed by atoms with Crippen molar-refractivity contribution in [2.75, 3.05) is 25.5 Å². The number of furan rings is 1. The van der Waals surface area contributed by atoms with E-state index in [0.29, 0.717) is 18.1 Å². The van der Waals surface area contributed by atoms with Crippen molar-refractivity contribution >= 4 is 17.5 Å². The number of anilines is 2. The summed E-state index contributed by atoms with van der Waals surface area (Å²) in [6.07, 6.45) is 6.71. The molecule has 3 aromatic rings. The van der Waals surface area contributed by atoms with E-state index in [9.17, 15) is 4.79 Å². The maximum absolute atomic E-state index is 12.6. The Balaban J connectivity index is 1.46. The molecule has 7 heteroatoms. The monoisotopic (exact) mass is 378 g/mol. The first-order chi connectivity index (χ1) is 13.7. The average molecular weight is 378 g/mol. The molecule has 4 rings (SSSR count). The van der Waals surface area contributed by atoms with E-state index in [4.69, 9.17) is 9.15 Å². The summed E-state index contributed by atoms with van der Waals surface area (Å²) in [6, 6.07) is 11.2. The van der Waals surface area contributed by atoms with Crippen LogP contribution in [-0.2, 0) is 0 Å². The second kappa shape index (κ2) is 8.12. The maximum atomic E-state index is 12.6. The maximum Gasteiger partial charge on any atom is 0.257 e. The van der Waals surface area contributed by atoms with E-state index in [1.54, 1.807) is 19.4 Å². The number of methoxy groups -OCH3 is 1. The van der Waals surface area contributed by atoms with E-state index in [0.717, 1.165) is 36.5 Å². The van der Waals surface area contributed by atoms with Gasteiger partial charge in [0.2, 0.25) is 5.95 Å². The van der Waals surface area contributed by atoms with E-state index in [-0.39, 0.29) is 11.8 Å². The first-order valence-electron chi connectivity index (χ1n) is 9.28. The molecule has 2 aromatic heterocycles. The summed E-state index contributed by atoms with van der Waals surface area (Å²) in [4.78, 5) is 23.5. The fourth-order valence-corrected chi connectivity index (χ4v) is 3.44. The predicted molar refractivity (Wildman–Crippen MR) is 105 cm³/mol. The van der Waals surface area contributed by atoms with Crippen LogP contribution in [0.3, 0.4) is 0 Å². The highest BCUT2D eigenvalue weighted by Gasteiger charge is 2.27. The average Bonchev–Trinajstić information content (AvgIpc) is 3.29. The van der Waals surface area contributed by atoms with E-state index in [1.807, 2.05) is 35.2 Å². The number of benzene rings is 1. The van der Waals surface area contributed by atoms with E-state index >= 15 is 0 Å². The molecule has 0 saturated carbocycles. The number of likely N-dealkylation sites (tertiary alicyclic amines) is 1. The lowest BCUT2D eigenvalue weighted by molar-refractivity contribution is 0.0705. The minimum atomic E-state index is 0.00378. The Morgan fingerprint density at radius 2 is 2.11 bits per heavy atom. The van der Waals surface area contributed by atoms with Crippen molar-refractivity contribution in [3.63, 3.8) is 0 Å². The van der Waals surface area contributed by atoms with Crippen LogP contribution in [0.25, 0.3) is 0 Å². The Kier molecular flexibility index (Phi) is 5.23. The van der Waals surface area contributed by atoms with E-state index in [2.05, 4.69) is 15.3 Å². The van der Waals surface area contributed by atoms with Gasteiger partial charge in [-0.15, -0.1) is 0 Å². The number of ether oxygens (including phenoxy) is 1. The molecule has 0 aliphatic carbocycles. The number of nitrogens with one attached hydrogen (secondary N) is 1. The van der Waals surface area contributed by atoms with Gasteiger partial charge in [-0.3, -0.25) is 4.79 Å². The van der Waals surface area contributed by atoms with Gasteiger partial charge >= 0.3 is 0 Å². The zero-order valence-corrected chi connectivity index (χ0v) is 15.7. The van der Waals surface area contributed by atoms with Gasteiger partial charge in [0.25, 0.3) is 5.91 Å². The molecule has 0 spiro atoms. The molecule has 1 fully saturated rings. The van der Waals surface area contributed by atoms with Crippen molar-refractivity contribution in [1.82, 2.24) is 14.9 Å². The molecule has 1 aliphatic heterocycles. The van der Waals surface area contributed by atoms with Gasteiger partial charge < -0.3 is 19.4 Å². The zero-order chi connectivity index (χ0) is 19.3. The fourth-order valence-electron chi connectivity index (χ4n) is 3.44. The Labute approximate surface area is 163 Å². The molecule has 28 heavy (non-hydrogen) atoms. The Hall–Kier alpha value is -3.35. The number of piperidine rings is 1. The number of carbonyl (C=O) groups is 1. The lowest BCUT2D eigenvalue weighted by Gasteiger charge is -2.32. The Morgan fingerprint density at radius 3 is 2.86 bits per heavy atom. The molecule has 144 valence electrons. The van der Waals surface area contributed by atoms with Gasteiger partial charge in [0, 0.05) is 30.9 Å². The molecule has 1 atom stereocenters. The summed E-state index contributed by atoms with van der Waals surface area (Å²) in [6.45, 7) is 1.39. The van der Waals surface area contributed by atoms with Crippen LogP contribution in [0.5, 0.6) is 5.75 Å². The Morgan fingerprint density at radius 1 is 1.25 bits per heavy atom. The fraction of sp³-hybridized carbons (Fsp3) is 0.286.